The fourth-order valence-corrected chi connectivity index (χ4v) is 4.93. The molecule has 7 heteroatoms. The van der Waals surface area contributed by atoms with Gasteiger partial charge in [0.1, 0.15) is 4.33 Å². The molecule has 0 unspecified atom stereocenters. The van der Waals surface area contributed by atoms with Crippen LogP contribution in [0, 0.1) is 5.41 Å². The van der Waals surface area contributed by atoms with Gasteiger partial charge in [0.2, 0.25) is 5.91 Å². The summed E-state index contributed by atoms with van der Waals surface area (Å²) in [5.74, 6) is -0.0397. The Labute approximate surface area is 123 Å². The largest absolute Gasteiger partial charge is 0.334 e. The Morgan fingerprint density at radius 2 is 2.11 bits per heavy atom. The number of carbonyl (C=O) groups is 1. The molecule has 2 rings (SSSR count). The lowest BCUT2D eigenvalue weighted by Gasteiger charge is -2.30. The zero-order chi connectivity index (χ0) is 14.5. The summed E-state index contributed by atoms with van der Waals surface area (Å²) in [6, 6.07) is -0.294. The third kappa shape index (κ3) is 2.65. The van der Waals surface area contributed by atoms with E-state index in [1.54, 1.807) is 17.9 Å². The first-order valence-corrected chi connectivity index (χ1v) is 8.71. The highest BCUT2D eigenvalue weighted by Gasteiger charge is 2.69. The lowest BCUT2D eigenvalue weighted by Crippen LogP contribution is -2.45. The third-order valence-corrected chi connectivity index (χ3v) is 6.82. The minimum absolute atomic E-state index is 0.0141. The Morgan fingerprint density at radius 3 is 2.47 bits per heavy atom. The van der Waals surface area contributed by atoms with Gasteiger partial charge in [-0.15, -0.1) is 29.8 Å². The highest BCUT2D eigenvalue weighted by Crippen LogP contribution is 2.64. The Kier molecular flexibility index (Phi) is 3.69. The summed E-state index contributed by atoms with van der Waals surface area (Å²) in [6.07, 6.45) is 2.46. The highest BCUT2D eigenvalue weighted by molar-refractivity contribution is 7.91. The van der Waals surface area contributed by atoms with Crippen LogP contribution in [0.2, 0.25) is 0 Å². The van der Waals surface area contributed by atoms with Crippen LogP contribution in [0.25, 0.3) is 0 Å². The van der Waals surface area contributed by atoms with E-state index in [9.17, 15) is 13.2 Å². The Bertz CT molecular complexity index is 517. The van der Waals surface area contributed by atoms with Gasteiger partial charge >= 0.3 is 0 Å². The quantitative estimate of drug-likeness (QED) is 0.584. The van der Waals surface area contributed by atoms with Crippen molar-refractivity contribution in [3.8, 4) is 0 Å². The van der Waals surface area contributed by atoms with Crippen molar-refractivity contribution in [2.75, 3.05) is 18.1 Å². The summed E-state index contributed by atoms with van der Waals surface area (Å²) >= 11 is 12.0. The zero-order valence-corrected chi connectivity index (χ0v) is 13.1. The highest BCUT2D eigenvalue weighted by atomic mass is 35.5. The number of halogens is 2. The number of nitrogens with zero attached hydrogens (tertiary/aromatic N) is 1. The maximum absolute atomic E-state index is 12.5. The van der Waals surface area contributed by atoms with Crippen LogP contribution >= 0.6 is 23.2 Å². The van der Waals surface area contributed by atoms with E-state index in [-0.39, 0.29) is 23.5 Å². The molecule has 0 bridgehead atoms. The van der Waals surface area contributed by atoms with Crippen molar-refractivity contribution in [1.82, 2.24) is 4.90 Å². The first-order chi connectivity index (χ1) is 8.63. The van der Waals surface area contributed by atoms with E-state index >= 15 is 0 Å². The molecular formula is C12H17Cl2NO3S. The molecule has 1 aliphatic carbocycles. The molecule has 1 saturated carbocycles. The third-order valence-electron chi connectivity index (χ3n) is 3.97. The second kappa shape index (κ2) is 4.64. The molecule has 108 valence electrons. The monoisotopic (exact) mass is 325 g/mol. The molecule has 1 heterocycles. The molecule has 1 aliphatic heterocycles. The normalized spacial score (nSPS) is 34.8. The SMILES string of the molecule is C=CCN(C(=O)[C@]1(C)CC1(Cl)Cl)[C@H]1CCS(=O)(=O)C1. The standard InChI is InChI=1S/C12H17Cl2NO3S/c1-3-5-15(9-4-6-19(17,18)7-9)10(16)11(2)8-12(11,13)14/h3,9H,1,4-8H2,2H3/t9-,11-/m0/s1. The molecule has 2 fully saturated rings. The van der Waals surface area contributed by atoms with Crippen molar-refractivity contribution in [2.24, 2.45) is 5.41 Å². The Balaban J connectivity index is 2.18. The van der Waals surface area contributed by atoms with E-state index < -0.39 is 19.6 Å². The van der Waals surface area contributed by atoms with E-state index in [4.69, 9.17) is 23.2 Å². The molecule has 1 amide bonds. The van der Waals surface area contributed by atoms with Crippen LogP contribution in [0.15, 0.2) is 12.7 Å². The summed E-state index contributed by atoms with van der Waals surface area (Å²) in [7, 11) is -3.04. The first kappa shape index (κ1) is 15.1. The van der Waals surface area contributed by atoms with Crippen molar-refractivity contribution >= 4 is 38.9 Å². The average molecular weight is 326 g/mol. The zero-order valence-electron chi connectivity index (χ0n) is 10.7. The minimum Gasteiger partial charge on any atom is -0.334 e. The van der Waals surface area contributed by atoms with Gasteiger partial charge in [-0.05, 0) is 19.8 Å². The second-order valence-electron chi connectivity index (χ2n) is 5.52. The first-order valence-electron chi connectivity index (χ1n) is 6.13. The van der Waals surface area contributed by atoms with Crippen molar-refractivity contribution in [3.63, 3.8) is 0 Å². The molecule has 0 N–H and O–H groups in total. The van der Waals surface area contributed by atoms with E-state index in [1.165, 1.54) is 0 Å². The Hall–Kier alpha value is -0.260. The van der Waals surface area contributed by atoms with E-state index in [0.29, 0.717) is 19.4 Å². The van der Waals surface area contributed by atoms with Crippen LogP contribution in [0.4, 0.5) is 0 Å². The molecule has 4 nitrogen and oxygen atoms in total. The molecule has 1 saturated heterocycles. The topological polar surface area (TPSA) is 54.5 Å². The average Bonchev–Trinajstić information content (AvgIpc) is 2.64. The van der Waals surface area contributed by atoms with Gasteiger partial charge < -0.3 is 4.90 Å². The maximum Gasteiger partial charge on any atom is 0.232 e. The lowest BCUT2D eigenvalue weighted by atomic mass is 10.1. The molecule has 19 heavy (non-hydrogen) atoms. The van der Waals surface area contributed by atoms with Gasteiger partial charge in [0, 0.05) is 12.6 Å². The van der Waals surface area contributed by atoms with Crippen LogP contribution in [0.3, 0.4) is 0 Å². The molecule has 0 radical (unpaired) electrons. The number of carbonyl (C=O) groups excluding carboxylic acids is 1. The number of amides is 1. The molecular weight excluding hydrogens is 309 g/mol. The van der Waals surface area contributed by atoms with Crippen molar-refractivity contribution in [1.29, 1.82) is 0 Å². The van der Waals surface area contributed by atoms with Gasteiger partial charge in [-0.3, -0.25) is 4.79 Å². The van der Waals surface area contributed by atoms with Crippen LogP contribution in [0.1, 0.15) is 19.8 Å². The van der Waals surface area contributed by atoms with E-state index in [1.807, 2.05) is 0 Å². The molecule has 0 aromatic heterocycles. The van der Waals surface area contributed by atoms with Gasteiger partial charge in [-0.25, -0.2) is 8.42 Å². The maximum atomic E-state index is 12.5. The van der Waals surface area contributed by atoms with E-state index in [0.717, 1.165) is 0 Å². The predicted molar refractivity (Wildman–Crippen MR) is 76.1 cm³/mol. The number of hydrogen-bond donors (Lipinski definition) is 0. The fourth-order valence-electron chi connectivity index (χ4n) is 2.51. The van der Waals surface area contributed by atoms with Gasteiger partial charge in [0.05, 0.1) is 16.9 Å². The predicted octanol–water partition coefficient (Wildman–Crippen LogP) is 1.77. The number of rotatable bonds is 4. The van der Waals surface area contributed by atoms with Gasteiger partial charge in [0.15, 0.2) is 9.84 Å². The number of sulfone groups is 1. The molecule has 0 spiro atoms. The van der Waals surface area contributed by atoms with Crippen LogP contribution in [-0.4, -0.2) is 47.7 Å². The molecule has 0 aromatic rings. The van der Waals surface area contributed by atoms with E-state index in [2.05, 4.69) is 6.58 Å². The van der Waals surface area contributed by atoms with Crippen LogP contribution in [0.5, 0.6) is 0 Å². The van der Waals surface area contributed by atoms with Gasteiger partial charge in [0.25, 0.3) is 0 Å². The fraction of sp³-hybridized carbons (Fsp3) is 0.750. The lowest BCUT2D eigenvalue weighted by molar-refractivity contribution is -0.137. The summed E-state index contributed by atoms with van der Waals surface area (Å²) in [4.78, 5) is 14.1. The molecule has 2 atom stereocenters. The van der Waals surface area contributed by atoms with Crippen LogP contribution < -0.4 is 0 Å². The number of hydrogen-bond acceptors (Lipinski definition) is 3. The van der Waals surface area contributed by atoms with Gasteiger partial charge in [-0.2, -0.15) is 0 Å². The minimum atomic E-state index is -3.04. The van der Waals surface area contributed by atoms with Gasteiger partial charge in [-0.1, -0.05) is 6.08 Å². The van der Waals surface area contributed by atoms with Crippen molar-refractivity contribution in [2.45, 2.75) is 30.1 Å². The molecule has 0 aromatic carbocycles. The summed E-state index contributed by atoms with van der Waals surface area (Å²) in [5.41, 5.74) is -0.814. The smallest absolute Gasteiger partial charge is 0.232 e. The summed E-state index contributed by atoms with van der Waals surface area (Å²) < 4.78 is 22.1. The second-order valence-corrected chi connectivity index (χ2v) is 9.23. The molecule has 2 aliphatic rings. The van der Waals surface area contributed by atoms with Crippen LogP contribution in [-0.2, 0) is 14.6 Å². The Morgan fingerprint density at radius 1 is 1.53 bits per heavy atom. The summed E-state index contributed by atoms with van der Waals surface area (Å²) in [5, 5.41) is 0. The van der Waals surface area contributed by atoms with Crippen molar-refractivity contribution < 1.29 is 13.2 Å². The summed E-state index contributed by atoms with van der Waals surface area (Å²) in [6.45, 7) is 5.66. The van der Waals surface area contributed by atoms with Crippen molar-refractivity contribution in [3.05, 3.63) is 12.7 Å². The number of alkyl halides is 2.